The predicted molar refractivity (Wildman–Crippen MR) is 55.9 cm³/mol. The Bertz CT molecular complexity index is 340. The zero-order chi connectivity index (χ0) is 10.6. The quantitative estimate of drug-likeness (QED) is 0.758. The van der Waals surface area contributed by atoms with Gasteiger partial charge in [-0.15, -0.1) is 11.3 Å². The van der Waals surface area contributed by atoms with E-state index < -0.39 is 0 Å². The molecule has 74 valence electrons. The molecule has 14 heavy (non-hydrogen) atoms. The van der Waals surface area contributed by atoms with E-state index in [0.717, 1.165) is 4.88 Å². The predicted octanol–water partition coefficient (Wildman–Crippen LogP) is 1.66. The highest BCUT2D eigenvalue weighted by Crippen LogP contribution is 2.10. The minimum atomic E-state index is -0.359. The molecule has 0 saturated heterocycles. The van der Waals surface area contributed by atoms with Crippen LogP contribution in [-0.4, -0.2) is 23.9 Å². The molecule has 0 N–H and O–H groups in total. The maximum Gasteiger partial charge on any atom is 0.228 e. The molecule has 0 radical (unpaired) electrons. The topological polar surface area (TPSA) is 44.1 Å². The molecule has 0 aliphatic rings. The van der Waals surface area contributed by atoms with Crippen LogP contribution in [0.15, 0.2) is 17.5 Å². The van der Waals surface area contributed by atoms with E-state index in [9.17, 15) is 4.79 Å². The third-order valence-electron chi connectivity index (χ3n) is 2.07. The third kappa shape index (κ3) is 2.57. The van der Waals surface area contributed by atoms with Crippen LogP contribution < -0.4 is 0 Å². The first-order valence-corrected chi connectivity index (χ1v) is 5.20. The summed E-state index contributed by atoms with van der Waals surface area (Å²) >= 11 is 1.56. The second-order valence-electron chi connectivity index (χ2n) is 3.07. The number of nitriles is 1. The van der Waals surface area contributed by atoms with Crippen LogP contribution in [0.25, 0.3) is 0 Å². The average Bonchev–Trinajstić information content (AvgIpc) is 2.68. The average molecular weight is 208 g/mol. The minimum absolute atomic E-state index is 0.0125. The van der Waals surface area contributed by atoms with Crippen LogP contribution in [0.4, 0.5) is 0 Å². The Balaban J connectivity index is 2.55. The van der Waals surface area contributed by atoms with Crippen molar-refractivity contribution in [1.82, 2.24) is 4.90 Å². The van der Waals surface area contributed by atoms with Crippen molar-refractivity contribution < 1.29 is 4.79 Å². The summed E-state index contributed by atoms with van der Waals surface area (Å²) in [6.45, 7) is 1.71. The first-order chi connectivity index (χ1) is 6.65. The van der Waals surface area contributed by atoms with Crippen molar-refractivity contribution in [2.75, 3.05) is 7.05 Å². The SMILES string of the molecule is CC(C#N)N(C)C(=O)Cc1cccs1. The Morgan fingerprint density at radius 3 is 3.00 bits per heavy atom. The highest BCUT2D eigenvalue weighted by molar-refractivity contribution is 7.10. The number of thiophene rings is 1. The summed E-state index contributed by atoms with van der Waals surface area (Å²) in [5.74, 6) is -0.0125. The maximum atomic E-state index is 11.6. The molecule has 0 aliphatic carbocycles. The van der Waals surface area contributed by atoms with Crippen LogP contribution in [0.3, 0.4) is 0 Å². The van der Waals surface area contributed by atoms with Gasteiger partial charge in [0.2, 0.25) is 5.91 Å². The molecule has 0 fully saturated rings. The monoisotopic (exact) mass is 208 g/mol. The lowest BCUT2D eigenvalue weighted by atomic mass is 10.2. The van der Waals surface area contributed by atoms with Gasteiger partial charge in [0.15, 0.2) is 0 Å². The number of hydrogen-bond donors (Lipinski definition) is 0. The van der Waals surface area contributed by atoms with Gasteiger partial charge in [0.25, 0.3) is 0 Å². The van der Waals surface area contributed by atoms with Gasteiger partial charge in [-0.05, 0) is 18.4 Å². The van der Waals surface area contributed by atoms with E-state index in [1.54, 1.807) is 25.3 Å². The van der Waals surface area contributed by atoms with Gasteiger partial charge in [0.05, 0.1) is 12.5 Å². The normalized spacial score (nSPS) is 11.8. The molecular weight excluding hydrogens is 196 g/mol. The highest BCUT2D eigenvalue weighted by Gasteiger charge is 2.15. The highest BCUT2D eigenvalue weighted by atomic mass is 32.1. The zero-order valence-corrected chi connectivity index (χ0v) is 9.04. The van der Waals surface area contributed by atoms with E-state index in [1.165, 1.54) is 4.90 Å². The number of amides is 1. The molecule has 1 atom stereocenters. The molecule has 3 nitrogen and oxygen atoms in total. The van der Waals surface area contributed by atoms with Gasteiger partial charge in [-0.2, -0.15) is 5.26 Å². The van der Waals surface area contributed by atoms with E-state index in [0.29, 0.717) is 6.42 Å². The smallest absolute Gasteiger partial charge is 0.228 e. The third-order valence-corrected chi connectivity index (χ3v) is 2.94. The fraction of sp³-hybridized carbons (Fsp3) is 0.400. The number of carbonyl (C=O) groups is 1. The number of carbonyl (C=O) groups excluding carboxylic acids is 1. The second-order valence-corrected chi connectivity index (χ2v) is 4.10. The largest absolute Gasteiger partial charge is 0.330 e. The van der Waals surface area contributed by atoms with E-state index in [4.69, 9.17) is 5.26 Å². The number of likely N-dealkylation sites (N-methyl/N-ethyl adjacent to an activating group) is 1. The van der Waals surface area contributed by atoms with Gasteiger partial charge in [0, 0.05) is 11.9 Å². The van der Waals surface area contributed by atoms with Gasteiger partial charge in [-0.1, -0.05) is 6.07 Å². The lowest BCUT2D eigenvalue weighted by Gasteiger charge is -2.18. The summed E-state index contributed by atoms with van der Waals surface area (Å²) < 4.78 is 0. The fourth-order valence-electron chi connectivity index (χ4n) is 0.990. The van der Waals surface area contributed by atoms with Crippen molar-refractivity contribution in [3.8, 4) is 6.07 Å². The summed E-state index contributed by atoms with van der Waals surface area (Å²) in [5.41, 5.74) is 0. The summed E-state index contributed by atoms with van der Waals surface area (Å²) in [7, 11) is 1.66. The van der Waals surface area contributed by atoms with Crippen LogP contribution in [0.2, 0.25) is 0 Å². The molecular formula is C10H12N2OS. The summed E-state index contributed by atoms with van der Waals surface area (Å²) in [4.78, 5) is 14.1. The van der Waals surface area contributed by atoms with Crippen LogP contribution >= 0.6 is 11.3 Å². The van der Waals surface area contributed by atoms with Crippen molar-refractivity contribution in [3.63, 3.8) is 0 Å². The molecule has 1 aromatic rings. The van der Waals surface area contributed by atoms with Crippen molar-refractivity contribution >= 4 is 17.2 Å². The summed E-state index contributed by atoms with van der Waals surface area (Å²) in [5, 5.41) is 10.6. The first kappa shape index (κ1) is 10.7. The van der Waals surface area contributed by atoms with Crippen LogP contribution in [0, 0.1) is 11.3 Å². The maximum absolute atomic E-state index is 11.6. The molecule has 0 bridgehead atoms. The fourth-order valence-corrected chi connectivity index (χ4v) is 1.69. The molecule has 1 heterocycles. The van der Waals surface area contributed by atoms with Crippen LogP contribution in [-0.2, 0) is 11.2 Å². The Labute approximate surface area is 87.6 Å². The lowest BCUT2D eigenvalue weighted by molar-refractivity contribution is -0.130. The number of rotatable bonds is 3. The van der Waals surface area contributed by atoms with Gasteiger partial charge in [-0.3, -0.25) is 4.79 Å². The van der Waals surface area contributed by atoms with Gasteiger partial charge in [0.1, 0.15) is 6.04 Å². The minimum Gasteiger partial charge on any atom is -0.330 e. The van der Waals surface area contributed by atoms with Crippen LogP contribution in [0.1, 0.15) is 11.8 Å². The van der Waals surface area contributed by atoms with E-state index in [2.05, 4.69) is 0 Å². The van der Waals surface area contributed by atoms with E-state index in [1.807, 2.05) is 23.6 Å². The van der Waals surface area contributed by atoms with Gasteiger partial charge in [-0.25, -0.2) is 0 Å². The molecule has 0 spiro atoms. The molecule has 0 aromatic carbocycles. The zero-order valence-electron chi connectivity index (χ0n) is 8.23. The molecule has 1 aromatic heterocycles. The molecule has 1 unspecified atom stereocenters. The molecule has 1 rings (SSSR count). The molecule has 0 saturated carbocycles. The number of hydrogen-bond acceptors (Lipinski definition) is 3. The molecule has 1 amide bonds. The van der Waals surface area contributed by atoms with E-state index >= 15 is 0 Å². The lowest BCUT2D eigenvalue weighted by Crippen LogP contribution is -2.34. The second kappa shape index (κ2) is 4.77. The summed E-state index contributed by atoms with van der Waals surface area (Å²) in [6, 6.07) is 5.52. The van der Waals surface area contributed by atoms with Gasteiger partial charge < -0.3 is 4.90 Å². The molecule has 0 aliphatic heterocycles. The Kier molecular flexibility index (Phi) is 3.66. The number of nitrogens with zero attached hydrogens (tertiary/aromatic N) is 2. The first-order valence-electron chi connectivity index (χ1n) is 4.33. The summed E-state index contributed by atoms with van der Waals surface area (Å²) in [6.07, 6.45) is 0.389. The van der Waals surface area contributed by atoms with Crippen molar-refractivity contribution in [2.24, 2.45) is 0 Å². The van der Waals surface area contributed by atoms with Crippen molar-refractivity contribution in [3.05, 3.63) is 22.4 Å². The van der Waals surface area contributed by atoms with Gasteiger partial charge >= 0.3 is 0 Å². The Morgan fingerprint density at radius 2 is 2.50 bits per heavy atom. The standard InChI is InChI=1S/C10H12N2OS/c1-8(7-11)12(2)10(13)6-9-4-3-5-14-9/h3-5,8H,6H2,1-2H3. The Morgan fingerprint density at radius 1 is 1.79 bits per heavy atom. The van der Waals surface area contributed by atoms with Crippen molar-refractivity contribution in [1.29, 1.82) is 5.26 Å². The molecule has 4 heteroatoms. The Hall–Kier alpha value is -1.34. The van der Waals surface area contributed by atoms with Crippen LogP contribution in [0.5, 0.6) is 0 Å². The van der Waals surface area contributed by atoms with Crippen molar-refractivity contribution in [2.45, 2.75) is 19.4 Å². The van der Waals surface area contributed by atoms with E-state index in [-0.39, 0.29) is 11.9 Å².